The second-order valence-corrected chi connectivity index (χ2v) is 6.89. The Morgan fingerprint density at radius 1 is 1.22 bits per heavy atom. The summed E-state index contributed by atoms with van der Waals surface area (Å²) in [6.45, 7) is 0. The zero-order valence-electron chi connectivity index (χ0n) is 10.9. The molecule has 0 aliphatic heterocycles. The second-order valence-electron chi connectivity index (χ2n) is 6.89. The molecule has 4 bridgehead atoms. The van der Waals surface area contributed by atoms with E-state index in [1.165, 1.54) is 19.3 Å². The number of carbonyl (C=O) groups excluding carboxylic acids is 1. The summed E-state index contributed by atoms with van der Waals surface area (Å²) in [7, 11) is 1.93. The third-order valence-corrected chi connectivity index (χ3v) is 5.54. The molecule has 0 radical (unpaired) electrons. The van der Waals surface area contributed by atoms with Gasteiger partial charge in [0.2, 0.25) is 5.78 Å². The molecule has 3 heteroatoms. The van der Waals surface area contributed by atoms with E-state index in [0.29, 0.717) is 11.6 Å². The van der Waals surface area contributed by atoms with Crippen LogP contribution >= 0.6 is 0 Å². The van der Waals surface area contributed by atoms with Crippen LogP contribution in [0.4, 0.5) is 0 Å². The summed E-state index contributed by atoms with van der Waals surface area (Å²) in [4.78, 5) is 17.2. The molecule has 0 spiro atoms. The minimum atomic E-state index is -0.0478. The minimum Gasteiger partial charge on any atom is -0.332 e. The van der Waals surface area contributed by atoms with Gasteiger partial charge in [0.05, 0.1) is 0 Å². The van der Waals surface area contributed by atoms with E-state index >= 15 is 0 Å². The van der Waals surface area contributed by atoms with Crippen LogP contribution in [0.1, 0.15) is 49.1 Å². The van der Waals surface area contributed by atoms with Crippen molar-refractivity contribution < 1.29 is 4.79 Å². The van der Waals surface area contributed by atoms with Crippen molar-refractivity contribution in [2.75, 3.05) is 0 Å². The molecule has 4 aliphatic rings. The van der Waals surface area contributed by atoms with Crippen LogP contribution in [0.25, 0.3) is 0 Å². The van der Waals surface area contributed by atoms with Gasteiger partial charge in [-0.15, -0.1) is 0 Å². The van der Waals surface area contributed by atoms with E-state index in [9.17, 15) is 4.79 Å². The van der Waals surface area contributed by atoms with Crippen molar-refractivity contribution in [3.8, 4) is 0 Å². The molecule has 5 rings (SSSR count). The van der Waals surface area contributed by atoms with Gasteiger partial charge in [-0.05, 0) is 56.3 Å². The molecule has 0 aromatic carbocycles. The summed E-state index contributed by atoms with van der Waals surface area (Å²) in [5, 5.41) is 0. The summed E-state index contributed by atoms with van der Waals surface area (Å²) >= 11 is 0. The lowest BCUT2D eigenvalue weighted by Gasteiger charge is -2.55. The van der Waals surface area contributed by atoms with Gasteiger partial charge in [0, 0.05) is 24.9 Å². The Kier molecular flexibility index (Phi) is 2.07. The van der Waals surface area contributed by atoms with Crippen molar-refractivity contribution in [2.45, 2.75) is 38.5 Å². The first kappa shape index (κ1) is 10.8. The number of rotatable bonds is 2. The largest absolute Gasteiger partial charge is 0.332 e. The van der Waals surface area contributed by atoms with E-state index in [2.05, 4.69) is 4.98 Å². The van der Waals surface area contributed by atoms with E-state index in [4.69, 9.17) is 0 Å². The van der Waals surface area contributed by atoms with Crippen LogP contribution in [0, 0.1) is 23.2 Å². The van der Waals surface area contributed by atoms with Crippen molar-refractivity contribution in [1.29, 1.82) is 0 Å². The number of aryl methyl sites for hydroxylation is 1. The first-order valence-electron chi connectivity index (χ1n) is 7.18. The lowest BCUT2D eigenvalue weighted by molar-refractivity contribution is -0.0359. The fourth-order valence-corrected chi connectivity index (χ4v) is 5.21. The molecule has 0 saturated heterocycles. The van der Waals surface area contributed by atoms with Gasteiger partial charge >= 0.3 is 0 Å². The molecule has 18 heavy (non-hydrogen) atoms. The lowest BCUT2D eigenvalue weighted by Crippen LogP contribution is -2.50. The maximum atomic E-state index is 12.9. The highest BCUT2D eigenvalue weighted by Gasteiger charge is 2.55. The van der Waals surface area contributed by atoms with Gasteiger partial charge in [-0.3, -0.25) is 4.79 Å². The summed E-state index contributed by atoms with van der Waals surface area (Å²) in [5.41, 5.74) is -0.0478. The van der Waals surface area contributed by atoms with Crippen molar-refractivity contribution in [3.63, 3.8) is 0 Å². The Labute approximate surface area is 108 Å². The predicted molar refractivity (Wildman–Crippen MR) is 68.1 cm³/mol. The van der Waals surface area contributed by atoms with Gasteiger partial charge < -0.3 is 4.57 Å². The molecule has 0 amide bonds. The van der Waals surface area contributed by atoms with E-state index in [1.54, 1.807) is 6.20 Å². The van der Waals surface area contributed by atoms with Crippen molar-refractivity contribution in [2.24, 2.45) is 30.2 Å². The molecule has 4 fully saturated rings. The first-order chi connectivity index (χ1) is 8.66. The SMILES string of the molecule is Cn1ccnc1C(=O)C12CC3CC(CC(C3)C1)C2. The average Bonchev–Trinajstić information content (AvgIpc) is 2.72. The Morgan fingerprint density at radius 3 is 2.22 bits per heavy atom. The first-order valence-corrected chi connectivity index (χ1v) is 7.18. The van der Waals surface area contributed by atoms with Crippen molar-refractivity contribution in [3.05, 3.63) is 18.2 Å². The van der Waals surface area contributed by atoms with Crippen LogP contribution < -0.4 is 0 Å². The average molecular weight is 244 g/mol. The van der Waals surface area contributed by atoms with Gasteiger partial charge in [0.1, 0.15) is 0 Å². The van der Waals surface area contributed by atoms with E-state index < -0.39 is 0 Å². The summed E-state index contributed by atoms with van der Waals surface area (Å²) in [6.07, 6.45) is 11.2. The van der Waals surface area contributed by atoms with E-state index in [-0.39, 0.29) is 5.41 Å². The number of nitrogens with zero attached hydrogens (tertiary/aromatic N) is 2. The Balaban J connectivity index is 1.72. The second kappa shape index (κ2) is 3.46. The number of Topliss-reactive ketones (excluding diaryl/α,β-unsaturated/α-hetero) is 1. The van der Waals surface area contributed by atoms with Crippen molar-refractivity contribution in [1.82, 2.24) is 9.55 Å². The van der Waals surface area contributed by atoms with Crippen LogP contribution in [0.5, 0.6) is 0 Å². The number of carbonyl (C=O) groups is 1. The van der Waals surface area contributed by atoms with Crippen molar-refractivity contribution >= 4 is 5.78 Å². The maximum absolute atomic E-state index is 12.9. The normalized spacial score (nSPS) is 41.3. The fraction of sp³-hybridized carbons (Fsp3) is 0.733. The molecule has 3 nitrogen and oxygen atoms in total. The third kappa shape index (κ3) is 1.36. The number of aromatic nitrogens is 2. The molecule has 96 valence electrons. The topological polar surface area (TPSA) is 34.9 Å². The molecular formula is C15H20N2O. The molecule has 1 aromatic heterocycles. The zero-order valence-corrected chi connectivity index (χ0v) is 10.9. The molecule has 0 atom stereocenters. The molecule has 1 heterocycles. The molecule has 1 aromatic rings. The van der Waals surface area contributed by atoms with Gasteiger partial charge in [0.25, 0.3) is 0 Å². The zero-order chi connectivity index (χ0) is 12.3. The molecule has 4 saturated carbocycles. The highest BCUT2D eigenvalue weighted by molar-refractivity contribution is 5.98. The molecular weight excluding hydrogens is 224 g/mol. The predicted octanol–water partition coefficient (Wildman–Crippen LogP) is 2.82. The summed E-state index contributed by atoms with van der Waals surface area (Å²) < 4.78 is 1.89. The molecule has 0 N–H and O–H groups in total. The smallest absolute Gasteiger partial charge is 0.204 e. The van der Waals surface area contributed by atoms with Crippen LogP contribution in [0.3, 0.4) is 0 Å². The Hall–Kier alpha value is -1.12. The number of ketones is 1. The monoisotopic (exact) mass is 244 g/mol. The quantitative estimate of drug-likeness (QED) is 0.750. The Bertz CT molecular complexity index is 467. The number of hydrogen-bond acceptors (Lipinski definition) is 2. The maximum Gasteiger partial charge on any atom is 0.204 e. The van der Waals surface area contributed by atoms with Gasteiger partial charge in [-0.2, -0.15) is 0 Å². The Morgan fingerprint density at radius 2 is 1.78 bits per heavy atom. The van der Waals surface area contributed by atoms with Gasteiger partial charge in [-0.1, -0.05) is 0 Å². The van der Waals surface area contributed by atoms with Crippen LogP contribution in [-0.2, 0) is 7.05 Å². The highest BCUT2D eigenvalue weighted by Crippen LogP contribution is 2.60. The van der Waals surface area contributed by atoms with Crippen LogP contribution in [0.2, 0.25) is 0 Å². The minimum absolute atomic E-state index is 0.0478. The van der Waals surface area contributed by atoms with E-state index in [1.807, 2.05) is 17.8 Å². The fourth-order valence-electron chi connectivity index (χ4n) is 5.21. The number of imidazole rings is 1. The number of hydrogen-bond donors (Lipinski definition) is 0. The summed E-state index contributed by atoms with van der Waals surface area (Å²) in [5.74, 6) is 3.47. The molecule has 4 aliphatic carbocycles. The third-order valence-electron chi connectivity index (χ3n) is 5.54. The van der Waals surface area contributed by atoms with Crippen LogP contribution in [-0.4, -0.2) is 15.3 Å². The molecule has 0 unspecified atom stereocenters. The lowest BCUT2D eigenvalue weighted by atomic mass is 9.48. The van der Waals surface area contributed by atoms with Gasteiger partial charge in [0.15, 0.2) is 5.82 Å². The van der Waals surface area contributed by atoms with Crippen LogP contribution in [0.15, 0.2) is 12.4 Å². The highest BCUT2D eigenvalue weighted by atomic mass is 16.1. The standard InChI is InChI=1S/C15H20N2O/c1-17-3-2-16-14(17)13(18)15-7-10-4-11(8-15)6-12(5-10)9-15/h2-3,10-12H,4-9H2,1H3. The van der Waals surface area contributed by atoms with Gasteiger partial charge in [-0.25, -0.2) is 4.98 Å². The van der Waals surface area contributed by atoms with E-state index in [0.717, 1.165) is 37.0 Å². The summed E-state index contributed by atoms with van der Waals surface area (Å²) in [6, 6.07) is 0.